The molecule has 5 unspecified atom stereocenters. The molecule has 256 valence electrons. The second-order valence-corrected chi connectivity index (χ2v) is 12.6. The molecule has 6 N–H and O–H groups in total. The summed E-state index contributed by atoms with van der Waals surface area (Å²) >= 11 is 1.47. The molecule has 2 aliphatic rings. The molecular weight excluding hydrogens is 618 g/mol. The number of aromatic nitrogens is 2. The number of likely N-dealkylation sites (N-methyl/N-ethyl adjacent to an activating group) is 1. The zero-order valence-electron chi connectivity index (χ0n) is 26.9. The molecule has 46 heavy (non-hydrogen) atoms. The summed E-state index contributed by atoms with van der Waals surface area (Å²) in [6.45, 7) is 6.54. The molecular formula is C29H47N9O7S. The van der Waals surface area contributed by atoms with Crippen LogP contribution in [0.3, 0.4) is 0 Å². The van der Waals surface area contributed by atoms with Gasteiger partial charge in [-0.1, -0.05) is 6.92 Å². The minimum absolute atomic E-state index is 0.0219. The largest absolute Gasteiger partial charge is 0.447 e. The number of amides is 5. The Morgan fingerprint density at radius 1 is 0.978 bits per heavy atom. The molecule has 2 fully saturated rings. The molecule has 2 saturated heterocycles. The lowest BCUT2D eigenvalue weighted by molar-refractivity contribution is -0.134. The number of Topliss-reactive ketones (excluding diaryl/α,β-unsaturated/α-hetero) is 1. The van der Waals surface area contributed by atoms with Gasteiger partial charge in [0.15, 0.2) is 0 Å². The van der Waals surface area contributed by atoms with Gasteiger partial charge < -0.3 is 46.1 Å². The van der Waals surface area contributed by atoms with Gasteiger partial charge in [0, 0.05) is 38.8 Å². The summed E-state index contributed by atoms with van der Waals surface area (Å²) in [7, 11) is 1.59. The number of carbonyl (C=O) groups is 6. The molecule has 0 bridgehead atoms. The van der Waals surface area contributed by atoms with Crippen LogP contribution in [0.1, 0.15) is 26.0 Å². The molecule has 3 rings (SSSR count). The van der Waals surface area contributed by atoms with Gasteiger partial charge in [0.2, 0.25) is 23.6 Å². The van der Waals surface area contributed by atoms with Crippen LogP contribution in [0.5, 0.6) is 0 Å². The van der Waals surface area contributed by atoms with Gasteiger partial charge in [-0.25, -0.2) is 9.78 Å². The lowest BCUT2D eigenvalue weighted by atomic mass is 10.0. The molecule has 2 aliphatic heterocycles. The predicted molar refractivity (Wildman–Crippen MR) is 171 cm³/mol. The molecule has 0 saturated carbocycles. The fraction of sp³-hybridized carbons (Fsp3) is 0.690. The Hall–Kier alpha value is -3.70. The van der Waals surface area contributed by atoms with E-state index in [1.807, 2.05) is 6.26 Å². The summed E-state index contributed by atoms with van der Waals surface area (Å²) < 4.78 is 5.57. The highest BCUT2D eigenvalue weighted by molar-refractivity contribution is 7.98. The van der Waals surface area contributed by atoms with Crippen molar-refractivity contribution in [3.63, 3.8) is 0 Å². The summed E-state index contributed by atoms with van der Waals surface area (Å²) in [6, 6.07) is -3.51. The number of ether oxygens (including phenoxy) is 1. The number of ketones is 1. The van der Waals surface area contributed by atoms with Crippen LogP contribution in [0.15, 0.2) is 12.5 Å². The zero-order chi connectivity index (χ0) is 33.6. The first-order chi connectivity index (χ1) is 22.0. The molecule has 1 aromatic rings. The van der Waals surface area contributed by atoms with Crippen LogP contribution in [-0.2, 0) is 35.1 Å². The molecule has 5 amide bonds. The number of nitrogens with zero attached hydrogens (tertiary/aromatic N) is 3. The molecule has 0 aliphatic carbocycles. The zero-order valence-corrected chi connectivity index (χ0v) is 27.7. The van der Waals surface area contributed by atoms with Crippen molar-refractivity contribution in [1.82, 2.24) is 46.4 Å². The Kier molecular flexibility index (Phi) is 14.7. The summed E-state index contributed by atoms with van der Waals surface area (Å²) in [5.74, 6) is -1.51. The van der Waals surface area contributed by atoms with E-state index in [0.717, 1.165) is 19.6 Å². The molecule has 0 radical (unpaired) electrons. The first kappa shape index (κ1) is 36.8. The van der Waals surface area contributed by atoms with E-state index in [9.17, 15) is 28.8 Å². The maximum Gasteiger partial charge on any atom is 0.409 e. The van der Waals surface area contributed by atoms with Gasteiger partial charge in [0.25, 0.3) is 0 Å². The second-order valence-electron chi connectivity index (χ2n) is 11.6. The molecule has 17 heteroatoms. The minimum Gasteiger partial charge on any atom is -0.447 e. The highest BCUT2D eigenvalue weighted by Gasteiger charge is 2.42. The van der Waals surface area contributed by atoms with Crippen LogP contribution < -0.4 is 26.6 Å². The highest BCUT2D eigenvalue weighted by Crippen LogP contribution is 2.31. The van der Waals surface area contributed by atoms with Gasteiger partial charge in [-0.15, -0.1) is 0 Å². The fourth-order valence-electron chi connectivity index (χ4n) is 5.54. The Morgan fingerprint density at radius 3 is 2.24 bits per heavy atom. The number of hydrogen-bond donors (Lipinski definition) is 6. The Balaban J connectivity index is 1.75. The fourth-order valence-corrected chi connectivity index (χ4v) is 6.01. The summed E-state index contributed by atoms with van der Waals surface area (Å²) in [6.07, 6.45) is 4.55. The van der Waals surface area contributed by atoms with Gasteiger partial charge >= 0.3 is 6.09 Å². The van der Waals surface area contributed by atoms with Gasteiger partial charge in [-0.2, -0.15) is 11.8 Å². The van der Waals surface area contributed by atoms with E-state index in [4.69, 9.17) is 4.74 Å². The summed E-state index contributed by atoms with van der Waals surface area (Å²) in [4.78, 5) is 87.9. The Labute approximate surface area is 273 Å². The van der Waals surface area contributed by atoms with Crippen molar-refractivity contribution in [1.29, 1.82) is 0 Å². The van der Waals surface area contributed by atoms with E-state index in [1.54, 1.807) is 18.1 Å². The molecule has 3 heterocycles. The SMILES string of the molecule is CCN1CC2CN(C(=O)OCC(NC(=O)C(Cc3c[nH]cn3)NC(=O)CNC)C(=O)NC(CCSC)C(=O)NCC(C)=O)CC2C1. The van der Waals surface area contributed by atoms with Crippen molar-refractivity contribution in [2.45, 2.75) is 44.8 Å². The van der Waals surface area contributed by atoms with E-state index in [0.29, 0.717) is 36.4 Å². The molecule has 5 atom stereocenters. The third-order valence-electron chi connectivity index (χ3n) is 7.99. The number of carbonyl (C=O) groups excluding carboxylic acids is 6. The number of imidazole rings is 1. The molecule has 1 aromatic heterocycles. The molecule has 16 nitrogen and oxygen atoms in total. The van der Waals surface area contributed by atoms with Gasteiger partial charge in [0.05, 0.1) is 25.1 Å². The van der Waals surface area contributed by atoms with Gasteiger partial charge in [0.1, 0.15) is 30.5 Å². The highest BCUT2D eigenvalue weighted by atomic mass is 32.2. The maximum absolute atomic E-state index is 13.6. The van der Waals surface area contributed by atoms with Crippen LogP contribution in [-0.4, -0.2) is 145 Å². The first-order valence-corrected chi connectivity index (χ1v) is 16.9. The quantitative estimate of drug-likeness (QED) is 0.102. The molecule has 0 aromatic carbocycles. The van der Waals surface area contributed by atoms with Gasteiger partial charge in [-0.05, 0) is 50.8 Å². The lowest BCUT2D eigenvalue weighted by Crippen LogP contribution is -2.59. The van der Waals surface area contributed by atoms with E-state index in [2.05, 4.69) is 48.4 Å². The van der Waals surface area contributed by atoms with Gasteiger partial charge in [-0.3, -0.25) is 24.0 Å². The third kappa shape index (κ3) is 11.3. The third-order valence-corrected chi connectivity index (χ3v) is 8.63. The van der Waals surface area contributed by atoms with E-state index in [1.165, 1.54) is 25.0 Å². The average Bonchev–Trinajstić information content (AvgIpc) is 3.77. The summed E-state index contributed by atoms with van der Waals surface area (Å²) in [5.41, 5.74) is 0.498. The number of aromatic amines is 1. The normalized spacial score (nSPS) is 19.4. The van der Waals surface area contributed by atoms with Crippen LogP contribution >= 0.6 is 11.8 Å². The second kappa shape index (κ2) is 18.4. The van der Waals surface area contributed by atoms with Crippen molar-refractivity contribution in [2.75, 3.05) is 71.5 Å². The topological polar surface area (TPSA) is 207 Å². The maximum atomic E-state index is 13.6. The van der Waals surface area contributed by atoms with Crippen LogP contribution in [0.2, 0.25) is 0 Å². The Morgan fingerprint density at radius 2 is 1.65 bits per heavy atom. The van der Waals surface area contributed by atoms with Crippen molar-refractivity contribution in [3.05, 3.63) is 18.2 Å². The number of thioether (sulfide) groups is 1. The number of hydrogen-bond acceptors (Lipinski definition) is 11. The number of H-pyrrole nitrogens is 1. The standard InChI is InChI=1S/C29H47N9O7S/c1-5-37-12-19-14-38(15-20(19)13-37)29(44)45-16-24(28(43)35-22(6-7-46-4)26(41)32-9-18(2)39)36-27(42)23(34-25(40)11-30-3)8-21-10-31-17-33-21/h10,17,19-20,22-24,30H,5-9,11-16H2,1-4H3,(H,31,33)(H,32,41)(H,34,40)(H,35,43)(H,36,42). The minimum atomic E-state index is -1.39. The van der Waals surface area contributed by atoms with E-state index < -0.39 is 54.5 Å². The van der Waals surface area contributed by atoms with E-state index >= 15 is 0 Å². The number of nitrogens with one attached hydrogen (secondary N) is 6. The van der Waals surface area contributed by atoms with Crippen molar-refractivity contribution in [3.8, 4) is 0 Å². The molecule has 0 spiro atoms. The first-order valence-electron chi connectivity index (χ1n) is 15.5. The van der Waals surface area contributed by atoms with Crippen molar-refractivity contribution < 1.29 is 33.5 Å². The lowest BCUT2D eigenvalue weighted by Gasteiger charge is -2.26. The van der Waals surface area contributed by atoms with Crippen molar-refractivity contribution >= 4 is 47.3 Å². The number of likely N-dealkylation sites (tertiary alicyclic amines) is 2. The van der Waals surface area contributed by atoms with Crippen LogP contribution in [0, 0.1) is 11.8 Å². The van der Waals surface area contributed by atoms with Crippen molar-refractivity contribution in [2.24, 2.45) is 11.8 Å². The Bertz CT molecular complexity index is 1190. The summed E-state index contributed by atoms with van der Waals surface area (Å²) in [5, 5.41) is 13.1. The average molecular weight is 666 g/mol. The number of rotatable bonds is 18. The van der Waals surface area contributed by atoms with E-state index in [-0.39, 0.29) is 31.7 Å². The smallest absolute Gasteiger partial charge is 0.409 e. The number of fused-ring (bicyclic) bond motifs is 1. The monoisotopic (exact) mass is 665 g/mol. The van der Waals surface area contributed by atoms with Crippen LogP contribution in [0.4, 0.5) is 4.79 Å². The predicted octanol–water partition coefficient (Wildman–Crippen LogP) is -1.90. The van der Waals surface area contributed by atoms with Crippen LogP contribution in [0.25, 0.3) is 0 Å².